The van der Waals surface area contributed by atoms with Gasteiger partial charge in [0.15, 0.2) is 0 Å². The van der Waals surface area contributed by atoms with Crippen LogP contribution in [0.3, 0.4) is 0 Å². The van der Waals surface area contributed by atoms with E-state index in [2.05, 4.69) is 45.3 Å². The van der Waals surface area contributed by atoms with E-state index in [1.165, 1.54) is 6.42 Å². The van der Waals surface area contributed by atoms with Crippen LogP contribution in [0.4, 0.5) is 4.79 Å². The maximum Gasteiger partial charge on any atom is 0.481 e. The number of nitrogens with one attached hydrogen (secondary N) is 2. The lowest BCUT2D eigenvalue weighted by atomic mass is 9.43. The molecular formula is C30H47BN2O6. The summed E-state index contributed by atoms with van der Waals surface area (Å²) in [5.41, 5.74) is -0.000972. The van der Waals surface area contributed by atoms with Gasteiger partial charge < -0.3 is 29.4 Å². The zero-order chi connectivity index (χ0) is 28.8. The highest BCUT2D eigenvalue weighted by atomic mass is 16.7. The van der Waals surface area contributed by atoms with Gasteiger partial charge in [-0.2, -0.15) is 0 Å². The second kappa shape index (κ2) is 11.0. The first-order valence-corrected chi connectivity index (χ1v) is 14.4. The van der Waals surface area contributed by atoms with E-state index in [-0.39, 0.29) is 35.4 Å². The lowest BCUT2D eigenvalue weighted by Gasteiger charge is -2.64. The molecule has 9 heteroatoms. The largest absolute Gasteiger partial charge is 0.497 e. The molecule has 39 heavy (non-hydrogen) atoms. The quantitative estimate of drug-likeness (QED) is 0.403. The van der Waals surface area contributed by atoms with E-state index < -0.39 is 24.9 Å². The van der Waals surface area contributed by atoms with Gasteiger partial charge in [-0.15, -0.1) is 0 Å². The van der Waals surface area contributed by atoms with Gasteiger partial charge in [-0.1, -0.05) is 39.8 Å². The number of rotatable bonds is 9. The van der Waals surface area contributed by atoms with Crippen LogP contribution in [0.1, 0.15) is 92.7 Å². The molecule has 4 fully saturated rings. The maximum absolute atomic E-state index is 13.5. The molecule has 1 unspecified atom stereocenters. The number of carbonyl (C=O) groups excluding carboxylic acids is 2. The van der Waals surface area contributed by atoms with Crippen molar-refractivity contribution >= 4 is 19.1 Å². The molecule has 0 spiro atoms. The normalized spacial score (nSPS) is 28.7. The van der Waals surface area contributed by atoms with E-state index in [4.69, 9.17) is 18.8 Å². The van der Waals surface area contributed by atoms with Gasteiger partial charge in [0, 0.05) is 0 Å². The molecule has 216 valence electrons. The number of ether oxygens (including phenoxy) is 2. The maximum atomic E-state index is 13.5. The molecule has 1 aromatic carbocycles. The lowest BCUT2D eigenvalue weighted by Crippen LogP contribution is -2.65. The molecule has 3 aliphatic carbocycles. The van der Waals surface area contributed by atoms with Crippen LogP contribution in [-0.2, 0) is 18.8 Å². The van der Waals surface area contributed by atoms with Crippen LogP contribution in [0.5, 0.6) is 5.75 Å². The lowest BCUT2D eigenvalue weighted by molar-refractivity contribution is -0.199. The predicted octanol–water partition coefficient (Wildman–Crippen LogP) is 5.45. The number of amides is 2. The third kappa shape index (κ3) is 6.40. The molecular weight excluding hydrogens is 495 g/mol. The van der Waals surface area contributed by atoms with Crippen molar-refractivity contribution in [2.75, 3.05) is 7.11 Å². The Morgan fingerprint density at radius 2 is 1.87 bits per heavy atom. The molecule has 1 heterocycles. The SMILES string of the molecule is COc1cccc(C(CC(=O)N[C@@H](CC(C)C)B2O[C@@H]3C[C@@H]4C[C@@H](C4(C)C)[C@]3(C)O2)NC(=O)OC(C)(C)C)c1. The van der Waals surface area contributed by atoms with Crippen LogP contribution >= 0.6 is 0 Å². The number of alkyl carbamates (subject to hydrolysis) is 1. The molecule has 1 aliphatic heterocycles. The van der Waals surface area contributed by atoms with E-state index in [0.29, 0.717) is 23.5 Å². The highest BCUT2D eigenvalue weighted by Gasteiger charge is 2.68. The highest BCUT2D eigenvalue weighted by molar-refractivity contribution is 6.47. The summed E-state index contributed by atoms with van der Waals surface area (Å²) >= 11 is 0. The van der Waals surface area contributed by atoms with Crippen LogP contribution in [0.2, 0.25) is 0 Å². The van der Waals surface area contributed by atoms with Crippen molar-refractivity contribution in [3.63, 3.8) is 0 Å². The van der Waals surface area contributed by atoms with Crippen LogP contribution < -0.4 is 15.4 Å². The minimum Gasteiger partial charge on any atom is -0.497 e. The van der Waals surface area contributed by atoms with Crippen molar-refractivity contribution < 1.29 is 28.4 Å². The van der Waals surface area contributed by atoms with Gasteiger partial charge in [0.1, 0.15) is 11.4 Å². The molecule has 2 bridgehead atoms. The number of hydrogen-bond acceptors (Lipinski definition) is 6. The van der Waals surface area contributed by atoms with E-state index in [1.54, 1.807) is 27.9 Å². The average Bonchev–Trinajstić information content (AvgIpc) is 3.19. The van der Waals surface area contributed by atoms with E-state index in [1.807, 2.05) is 24.3 Å². The monoisotopic (exact) mass is 542 g/mol. The van der Waals surface area contributed by atoms with Gasteiger partial charge in [0.2, 0.25) is 5.91 Å². The standard InChI is InChI=1S/C30H47BN2O6/c1-18(2)13-25(31-38-24-16-20-15-23(29(20,6)7)30(24,8)39-31)33-26(34)17-22(32-27(35)37-28(3,4)5)19-11-10-12-21(14-19)36-9/h10-12,14,18,20,22-25H,13,15-17H2,1-9H3,(H,32,35)(H,33,34)/t20-,22?,23-,24+,25-,30-/m0/s1. The fourth-order valence-corrected chi connectivity index (χ4v) is 6.83. The number of hydrogen-bond donors (Lipinski definition) is 2. The van der Waals surface area contributed by atoms with E-state index >= 15 is 0 Å². The zero-order valence-corrected chi connectivity index (χ0v) is 25.1. The van der Waals surface area contributed by atoms with E-state index in [0.717, 1.165) is 18.4 Å². The summed E-state index contributed by atoms with van der Waals surface area (Å²) in [7, 11) is 1.08. The van der Waals surface area contributed by atoms with Crippen molar-refractivity contribution in [2.24, 2.45) is 23.2 Å². The van der Waals surface area contributed by atoms with Crippen molar-refractivity contribution in [1.82, 2.24) is 10.6 Å². The molecule has 6 atom stereocenters. The van der Waals surface area contributed by atoms with Crippen molar-refractivity contribution in [1.29, 1.82) is 0 Å². The van der Waals surface area contributed by atoms with Crippen LogP contribution in [0, 0.1) is 23.2 Å². The fourth-order valence-electron chi connectivity index (χ4n) is 6.83. The molecule has 0 aromatic heterocycles. The Balaban J connectivity index is 1.49. The Morgan fingerprint density at radius 1 is 1.15 bits per heavy atom. The third-order valence-corrected chi connectivity index (χ3v) is 8.95. The number of methoxy groups -OCH3 is 1. The van der Waals surface area contributed by atoms with Gasteiger partial charge in [-0.25, -0.2) is 4.79 Å². The summed E-state index contributed by atoms with van der Waals surface area (Å²) in [5, 5.41) is 6.09. The van der Waals surface area contributed by atoms with Crippen LogP contribution in [0.25, 0.3) is 0 Å². The first-order chi connectivity index (χ1) is 18.1. The Bertz CT molecular complexity index is 1060. The minimum absolute atomic E-state index is 0.0339. The summed E-state index contributed by atoms with van der Waals surface area (Å²) in [5.74, 6) is 1.59. The molecule has 0 radical (unpaired) electrons. The van der Waals surface area contributed by atoms with Gasteiger partial charge in [0.05, 0.1) is 37.2 Å². The third-order valence-electron chi connectivity index (χ3n) is 8.95. The number of benzene rings is 1. The van der Waals surface area contributed by atoms with Gasteiger partial charge in [-0.3, -0.25) is 4.79 Å². The second-order valence-corrected chi connectivity index (χ2v) is 13.8. The first-order valence-electron chi connectivity index (χ1n) is 14.4. The summed E-state index contributed by atoms with van der Waals surface area (Å²) in [6.07, 6.45) is 2.39. The predicted molar refractivity (Wildman–Crippen MR) is 151 cm³/mol. The molecule has 5 rings (SSSR count). The Morgan fingerprint density at radius 3 is 2.49 bits per heavy atom. The molecule has 4 aliphatic rings. The average molecular weight is 543 g/mol. The van der Waals surface area contributed by atoms with Gasteiger partial charge in [0.25, 0.3) is 0 Å². The summed E-state index contributed by atoms with van der Waals surface area (Å²) in [6, 6.07) is 6.75. The van der Waals surface area contributed by atoms with Crippen LogP contribution in [0.15, 0.2) is 24.3 Å². The van der Waals surface area contributed by atoms with Gasteiger partial charge >= 0.3 is 13.2 Å². The Labute approximate surface area is 234 Å². The summed E-state index contributed by atoms with van der Waals surface area (Å²) in [6.45, 7) is 16.6. The smallest absolute Gasteiger partial charge is 0.481 e. The van der Waals surface area contributed by atoms with Gasteiger partial charge in [-0.05, 0) is 87.8 Å². The molecule has 1 aromatic rings. The molecule has 2 amide bonds. The highest BCUT2D eigenvalue weighted by Crippen LogP contribution is 2.65. The van der Waals surface area contributed by atoms with E-state index in [9.17, 15) is 9.59 Å². The fraction of sp³-hybridized carbons (Fsp3) is 0.733. The Hall–Kier alpha value is -2.26. The molecule has 1 saturated heterocycles. The Kier molecular flexibility index (Phi) is 8.35. The summed E-state index contributed by atoms with van der Waals surface area (Å²) < 4.78 is 24.1. The minimum atomic E-state index is -0.660. The number of carbonyl (C=O) groups is 2. The van der Waals surface area contributed by atoms with Crippen LogP contribution in [-0.4, -0.2) is 49.5 Å². The molecule has 8 nitrogen and oxygen atoms in total. The van der Waals surface area contributed by atoms with Crippen molar-refractivity contribution in [3.05, 3.63) is 29.8 Å². The first kappa shape index (κ1) is 29.7. The molecule has 3 saturated carbocycles. The van der Waals surface area contributed by atoms with Crippen molar-refractivity contribution in [3.8, 4) is 5.75 Å². The second-order valence-electron chi connectivity index (χ2n) is 13.8. The van der Waals surface area contributed by atoms with Crippen molar-refractivity contribution in [2.45, 2.75) is 110 Å². The molecule has 2 N–H and O–H groups in total. The summed E-state index contributed by atoms with van der Waals surface area (Å²) in [4.78, 5) is 26.2. The topological polar surface area (TPSA) is 95.1 Å². The zero-order valence-electron chi connectivity index (χ0n) is 25.1.